The van der Waals surface area contributed by atoms with Gasteiger partial charge in [0.1, 0.15) is 17.9 Å². The second-order valence-corrected chi connectivity index (χ2v) is 5.86. The number of para-hydroxylation sites is 1. The second-order valence-electron chi connectivity index (χ2n) is 4.63. The van der Waals surface area contributed by atoms with Gasteiger partial charge in [0.25, 0.3) is 0 Å². The van der Waals surface area contributed by atoms with Crippen LogP contribution in [0.2, 0.25) is 0 Å². The summed E-state index contributed by atoms with van der Waals surface area (Å²) in [6, 6.07) is 12.6. The van der Waals surface area contributed by atoms with Crippen molar-refractivity contribution in [2.45, 2.75) is 13.5 Å². The largest absolute Gasteiger partial charge is 0.487 e. The Labute approximate surface area is 125 Å². The average Bonchev–Trinajstić information content (AvgIpc) is 2.86. The van der Waals surface area contributed by atoms with Crippen molar-refractivity contribution in [2.24, 2.45) is 0 Å². The van der Waals surface area contributed by atoms with Crippen molar-refractivity contribution >= 4 is 27.5 Å². The van der Waals surface area contributed by atoms with Crippen LogP contribution in [-0.4, -0.2) is 16.1 Å². The number of hydrogen-bond donors (Lipinski definition) is 1. The van der Waals surface area contributed by atoms with Crippen molar-refractivity contribution < 1.29 is 14.6 Å². The minimum absolute atomic E-state index is 0.263. The van der Waals surface area contributed by atoms with Crippen LogP contribution in [0.1, 0.15) is 20.9 Å². The number of thiazole rings is 1. The summed E-state index contributed by atoms with van der Waals surface area (Å²) in [5, 5.41) is 9.98. The molecule has 0 saturated carbocycles. The molecule has 0 amide bonds. The highest BCUT2D eigenvalue weighted by atomic mass is 32.1. The van der Waals surface area contributed by atoms with Gasteiger partial charge in [-0.25, -0.2) is 9.78 Å². The van der Waals surface area contributed by atoms with Crippen molar-refractivity contribution in [3.63, 3.8) is 0 Å². The van der Waals surface area contributed by atoms with E-state index in [1.807, 2.05) is 31.2 Å². The molecule has 106 valence electrons. The van der Waals surface area contributed by atoms with Crippen molar-refractivity contribution in [2.75, 3.05) is 0 Å². The van der Waals surface area contributed by atoms with Crippen LogP contribution in [0.3, 0.4) is 0 Å². The van der Waals surface area contributed by atoms with Crippen molar-refractivity contribution in [3.05, 3.63) is 58.6 Å². The van der Waals surface area contributed by atoms with E-state index in [4.69, 9.17) is 9.84 Å². The van der Waals surface area contributed by atoms with Gasteiger partial charge >= 0.3 is 5.97 Å². The summed E-state index contributed by atoms with van der Waals surface area (Å²) in [5.74, 6) is -0.216. The average molecular weight is 299 g/mol. The monoisotopic (exact) mass is 299 g/mol. The molecule has 0 unspecified atom stereocenters. The van der Waals surface area contributed by atoms with Crippen LogP contribution in [0.5, 0.6) is 5.75 Å². The van der Waals surface area contributed by atoms with Gasteiger partial charge in [-0.2, -0.15) is 0 Å². The molecule has 3 aromatic rings. The van der Waals surface area contributed by atoms with Gasteiger partial charge in [-0.15, -0.1) is 11.3 Å². The minimum atomic E-state index is -0.936. The lowest BCUT2D eigenvalue weighted by Crippen LogP contribution is -2.00. The van der Waals surface area contributed by atoms with Gasteiger partial charge in [-0.1, -0.05) is 18.2 Å². The maximum atomic E-state index is 11.0. The predicted octanol–water partition coefficient (Wildman–Crippen LogP) is 3.88. The fraction of sp³-hybridized carbons (Fsp3) is 0.125. The Morgan fingerprint density at radius 1 is 1.29 bits per heavy atom. The lowest BCUT2D eigenvalue weighted by molar-refractivity contribution is 0.0696. The summed E-state index contributed by atoms with van der Waals surface area (Å²) < 4.78 is 6.89. The Hall–Kier alpha value is -2.40. The molecule has 0 saturated heterocycles. The van der Waals surface area contributed by atoms with Crippen LogP contribution in [0.25, 0.3) is 10.2 Å². The van der Waals surface area contributed by atoms with Gasteiger partial charge in [0, 0.05) is 0 Å². The maximum Gasteiger partial charge on any atom is 0.335 e. The van der Waals surface area contributed by atoms with Crippen LogP contribution in [0, 0.1) is 6.92 Å². The number of aryl methyl sites for hydroxylation is 1. The minimum Gasteiger partial charge on any atom is -0.487 e. The van der Waals surface area contributed by atoms with Crippen molar-refractivity contribution in [3.8, 4) is 5.75 Å². The Bertz CT molecular complexity index is 810. The quantitative estimate of drug-likeness (QED) is 0.794. The van der Waals surface area contributed by atoms with Gasteiger partial charge in [0.2, 0.25) is 0 Å². The number of aromatic carboxylic acids is 1. The number of benzene rings is 2. The molecule has 0 radical (unpaired) electrons. The molecule has 1 N–H and O–H groups in total. The fourth-order valence-corrected chi connectivity index (χ4v) is 2.95. The maximum absolute atomic E-state index is 11.0. The molecular weight excluding hydrogens is 286 g/mol. The number of carboxylic acids is 1. The second kappa shape index (κ2) is 5.54. The number of carbonyl (C=O) groups is 1. The van der Waals surface area contributed by atoms with Gasteiger partial charge in [0.15, 0.2) is 0 Å². The predicted molar refractivity (Wildman–Crippen MR) is 82.1 cm³/mol. The molecule has 1 heterocycles. The van der Waals surface area contributed by atoms with Crippen LogP contribution in [0.4, 0.5) is 0 Å². The lowest BCUT2D eigenvalue weighted by Gasteiger charge is -2.07. The first-order valence-corrected chi connectivity index (χ1v) is 7.26. The molecule has 0 aliphatic rings. The van der Waals surface area contributed by atoms with E-state index < -0.39 is 5.97 Å². The normalized spacial score (nSPS) is 10.7. The van der Waals surface area contributed by atoms with E-state index >= 15 is 0 Å². The topological polar surface area (TPSA) is 59.4 Å². The van der Waals surface area contributed by atoms with E-state index in [0.29, 0.717) is 6.61 Å². The van der Waals surface area contributed by atoms with E-state index in [1.54, 1.807) is 29.5 Å². The molecule has 0 aliphatic carbocycles. The first-order chi connectivity index (χ1) is 10.1. The summed E-state index contributed by atoms with van der Waals surface area (Å²) in [5.41, 5.74) is 1.94. The Kier molecular flexibility index (Phi) is 3.58. The molecule has 3 rings (SSSR count). The number of nitrogens with zero attached hydrogens (tertiary/aromatic N) is 1. The first-order valence-electron chi connectivity index (χ1n) is 6.44. The van der Waals surface area contributed by atoms with E-state index in [-0.39, 0.29) is 5.56 Å². The summed E-state index contributed by atoms with van der Waals surface area (Å²) in [4.78, 5) is 15.4. The summed E-state index contributed by atoms with van der Waals surface area (Å²) in [6.45, 7) is 2.28. The van der Waals surface area contributed by atoms with E-state index in [2.05, 4.69) is 4.98 Å². The van der Waals surface area contributed by atoms with Crippen molar-refractivity contribution in [1.82, 2.24) is 4.98 Å². The Morgan fingerprint density at radius 3 is 2.90 bits per heavy atom. The smallest absolute Gasteiger partial charge is 0.335 e. The van der Waals surface area contributed by atoms with E-state index in [1.165, 1.54) is 0 Å². The molecule has 0 aliphatic heterocycles. The number of fused-ring (bicyclic) bond motifs is 1. The van der Waals surface area contributed by atoms with E-state index in [9.17, 15) is 4.79 Å². The van der Waals surface area contributed by atoms with Crippen LogP contribution in [0.15, 0.2) is 42.5 Å². The zero-order chi connectivity index (χ0) is 14.8. The van der Waals surface area contributed by atoms with Gasteiger partial charge in [-0.05, 0) is 36.8 Å². The Morgan fingerprint density at radius 2 is 2.10 bits per heavy atom. The molecular formula is C16H13NO3S. The zero-order valence-corrected chi connectivity index (χ0v) is 12.2. The number of aromatic nitrogens is 1. The third kappa shape index (κ3) is 2.87. The van der Waals surface area contributed by atoms with E-state index in [0.717, 1.165) is 26.5 Å². The molecule has 0 bridgehead atoms. The first kappa shape index (κ1) is 13.6. The molecule has 0 atom stereocenters. The van der Waals surface area contributed by atoms with Crippen LogP contribution < -0.4 is 4.74 Å². The fourth-order valence-electron chi connectivity index (χ4n) is 2.11. The summed E-state index contributed by atoms with van der Waals surface area (Å²) >= 11 is 1.63. The molecule has 5 heteroatoms. The Balaban J connectivity index is 1.83. The molecule has 0 fully saturated rings. The zero-order valence-electron chi connectivity index (χ0n) is 11.4. The highest BCUT2D eigenvalue weighted by Gasteiger charge is 2.08. The highest BCUT2D eigenvalue weighted by molar-refractivity contribution is 7.18. The molecule has 2 aromatic carbocycles. The lowest BCUT2D eigenvalue weighted by atomic mass is 10.1. The SMILES string of the molecule is Cc1nc2c(OCc3cccc(C(=O)O)c3)cccc2s1. The van der Waals surface area contributed by atoms with Crippen LogP contribution >= 0.6 is 11.3 Å². The number of ether oxygens (including phenoxy) is 1. The third-order valence-corrected chi connectivity index (χ3v) is 3.99. The standard InChI is InChI=1S/C16H13NO3S/c1-10-17-15-13(6-3-7-14(15)21-10)20-9-11-4-2-5-12(8-11)16(18)19/h2-8H,9H2,1H3,(H,18,19). The summed E-state index contributed by atoms with van der Waals surface area (Å²) in [7, 11) is 0. The van der Waals surface area contributed by atoms with Gasteiger partial charge in [-0.3, -0.25) is 0 Å². The van der Waals surface area contributed by atoms with Gasteiger partial charge < -0.3 is 9.84 Å². The molecule has 21 heavy (non-hydrogen) atoms. The molecule has 0 spiro atoms. The van der Waals surface area contributed by atoms with Crippen molar-refractivity contribution in [1.29, 1.82) is 0 Å². The molecule has 4 nitrogen and oxygen atoms in total. The highest BCUT2D eigenvalue weighted by Crippen LogP contribution is 2.29. The van der Waals surface area contributed by atoms with Crippen LogP contribution in [-0.2, 0) is 6.61 Å². The number of carboxylic acid groups (broad SMARTS) is 1. The third-order valence-electron chi connectivity index (χ3n) is 3.06. The number of hydrogen-bond acceptors (Lipinski definition) is 4. The molecule has 1 aromatic heterocycles. The summed E-state index contributed by atoms with van der Waals surface area (Å²) in [6.07, 6.45) is 0. The number of rotatable bonds is 4. The van der Waals surface area contributed by atoms with Gasteiger partial charge in [0.05, 0.1) is 15.3 Å².